The van der Waals surface area contributed by atoms with Crippen LogP contribution in [0, 0.1) is 0 Å². The highest BCUT2D eigenvalue weighted by Gasteiger charge is 2.35. The molecule has 0 aliphatic rings. The summed E-state index contributed by atoms with van der Waals surface area (Å²) in [6.07, 6.45) is -3.90. The Hall–Kier alpha value is -3.09. The van der Waals surface area contributed by atoms with Crippen LogP contribution in [0.4, 0.5) is 18.9 Å². The zero-order valence-corrected chi connectivity index (χ0v) is 25.3. The molecule has 3 rings (SSSR count). The number of likely N-dealkylation sites (N-methyl/N-ethyl adjacent to an activating group) is 1. The molecule has 0 saturated heterocycles. The zero-order valence-electron chi connectivity index (χ0n) is 22.2. The Balaban J connectivity index is 2.09. The van der Waals surface area contributed by atoms with Crippen molar-refractivity contribution in [1.29, 1.82) is 0 Å². The summed E-state index contributed by atoms with van der Waals surface area (Å²) >= 11 is 9.50. The average Bonchev–Trinajstić information content (AvgIpc) is 2.90. The third kappa shape index (κ3) is 8.95. The number of nitrogens with zero attached hydrogens (tertiary/aromatic N) is 2. The van der Waals surface area contributed by atoms with E-state index < -0.39 is 51.9 Å². The molecular weight excluding hydrogens is 647 g/mol. The van der Waals surface area contributed by atoms with Gasteiger partial charge in [-0.05, 0) is 48.4 Å². The van der Waals surface area contributed by atoms with Crippen LogP contribution in [0.1, 0.15) is 23.6 Å². The molecule has 3 aromatic carbocycles. The first-order valence-electron chi connectivity index (χ1n) is 12.4. The number of alkyl halides is 3. The van der Waals surface area contributed by atoms with Crippen molar-refractivity contribution in [3.63, 3.8) is 0 Å². The van der Waals surface area contributed by atoms with Crippen molar-refractivity contribution in [2.75, 3.05) is 23.7 Å². The van der Waals surface area contributed by atoms with Gasteiger partial charge in [-0.15, -0.1) is 0 Å². The van der Waals surface area contributed by atoms with Gasteiger partial charge in [0.1, 0.15) is 12.6 Å². The van der Waals surface area contributed by atoms with Crippen LogP contribution in [0.2, 0.25) is 5.02 Å². The number of carbonyl (C=O) groups is 2. The molecule has 0 aliphatic carbocycles. The highest BCUT2D eigenvalue weighted by atomic mass is 79.9. The lowest BCUT2D eigenvalue weighted by Gasteiger charge is -2.33. The number of rotatable bonds is 11. The summed E-state index contributed by atoms with van der Waals surface area (Å²) in [5.74, 6) is -1.27. The van der Waals surface area contributed by atoms with Crippen molar-refractivity contribution in [3.8, 4) is 0 Å². The number of hydrogen-bond donors (Lipinski definition) is 1. The van der Waals surface area contributed by atoms with Gasteiger partial charge in [-0.25, -0.2) is 8.42 Å². The third-order valence-corrected chi connectivity index (χ3v) is 8.08. The number of anilines is 1. The van der Waals surface area contributed by atoms with Crippen LogP contribution in [0.25, 0.3) is 0 Å². The highest BCUT2D eigenvalue weighted by molar-refractivity contribution is 9.10. The molecule has 13 heteroatoms. The van der Waals surface area contributed by atoms with Crippen molar-refractivity contribution in [2.45, 2.75) is 32.1 Å². The van der Waals surface area contributed by atoms with E-state index in [1.54, 1.807) is 61.5 Å². The summed E-state index contributed by atoms with van der Waals surface area (Å²) < 4.78 is 67.3. The van der Waals surface area contributed by atoms with E-state index in [-0.39, 0.29) is 24.5 Å². The molecule has 41 heavy (non-hydrogen) atoms. The third-order valence-electron chi connectivity index (χ3n) is 6.11. The molecular formula is C28H28BrClF3N3O4S. The number of amides is 2. The van der Waals surface area contributed by atoms with Crippen LogP contribution < -0.4 is 9.62 Å². The maximum absolute atomic E-state index is 13.9. The predicted molar refractivity (Wildman–Crippen MR) is 156 cm³/mol. The number of halogens is 5. The van der Waals surface area contributed by atoms with Gasteiger partial charge in [0.2, 0.25) is 21.8 Å². The van der Waals surface area contributed by atoms with Crippen molar-refractivity contribution >= 4 is 55.1 Å². The normalized spacial score (nSPS) is 12.5. The van der Waals surface area contributed by atoms with E-state index in [2.05, 4.69) is 21.2 Å². The van der Waals surface area contributed by atoms with Gasteiger partial charge in [-0.2, -0.15) is 13.2 Å². The second kappa shape index (κ2) is 13.7. The fourth-order valence-electron chi connectivity index (χ4n) is 4.11. The van der Waals surface area contributed by atoms with Crippen LogP contribution in [0.5, 0.6) is 0 Å². The molecule has 3 aromatic rings. The van der Waals surface area contributed by atoms with Crippen molar-refractivity contribution < 1.29 is 31.2 Å². The molecule has 0 saturated carbocycles. The monoisotopic (exact) mass is 673 g/mol. The molecule has 1 N–H and O–H groups in total. The van der Waals surface area contributed by atoms with Crippen LogP contribution in [0.3, 0.4) is 0 Å². The van der Waals surface area contributed by atoms with Gasteiger partial charge < -0.3 is 10.2 Å². The molecule has 1 atom stereocenters. The molecule has 0 bridgehead atoms. The Kier molecular flexibility index (Phi) is 10.8. The van der Waals surface area contributed by atoms with Crippen molar-refractivity contribution in [3.05, 3.63) is 99.0 Å². The second-order valence-corrected chi connectivity index (χ2v) is 12.4. The Labute approximate surface area is 250 Å². The number of sulfonamides is 1. The average molecular weight is 675 g/mol. The number of hydrogen-bond acceptors (Lipinski definition) is 4. The first kappa shape index (κ1) is 32.4. The second-order valence-electron chi connectivity index (χ2n) is 9.18. The lowest BCUT2D eigenvalue weighted by Crippen LogP contribution is -2.53. The van der Waals surface area contributed by atoms with Crippen molar-refractivity contribution in [1.82, 2.24) is 10.2 Å². The minimum Gasteiger partial charge on any atom is -0.355 e. The molecule has 0 aliphatic heterocycles. The van der Waals surface area contributed by atoms with Crippen LogP contribution in [-0.2, 0) is 38.8 Å². The number of benzene rings is 3. The summed E-state index contributed by atoms with van der Waals surface area (Å²) in [4.78, 5) is 28.5. The van der Waals surface area contributed by atoms with Gasteiger partial charge in [-0.1, -0.05) is 70.0 Å². The topological polar surface area (TPSA) is 86.8 Å². The van der Waals surface area contributed by atoms with Crippen molar-refractivity contribution in [2.24, 2.45) is 0 Å². The highest BCUT2D eigenvalue weighted by Crippen LogP contribution is 2.36. The molecule has 2 amide bonds. The SMILES string of the molecule is CCNC(=O)[C@@H](Cc1ccccc1)N(Cc1ccc(Br)cc1)C(=O)CN(c1cc(C(F)(F)F)ccc1Cl)S(C)(=O)=O. The molecule has 7 nitrogen and oxygen atoms in total. The standard InChI is InChI=1S/C28H28BrClF3N3O4S/c1-3-34-27(38)25(15-19-7-5-4-6-8-19)35(17-20-9-12-22(29)13-10-20)26(37)18-36(41(2,39)40)24-16-21(28(31,32)33)11-14-23(24)30/h4-14,16,25H,3,15,17-18H2,1-2H3,(H,34,38)/t25-/m1/s1. The summed E-state index contributed by atoms with van der Waals surface area (Å²) in [5.41, 5.74) is -0.238. The van der Waals surface area contributed by atoms with Crippen LogP contribution in [-0.4, -0.2) is 50.5 Å². The van der Waals surface area contributed by atoms with E-state index in [1.165, 1.54) is 4.90 Å². The minimum atomic E-state index is -4.78. The van der Waals surface area contributed by atoms with Gasteiger partial charge in [0.15, 0.2) is 0 Å². The van der Waals surface area contributed by atoms with E-state index in [9.17, 15) is 31.2 Å². The van der Waals surface area contributed by atoms with Gasteiger partial charge >= 0.3 is 6.18 Å². The molecule has 220 valence electrons. The minimum absolute atomic E-state index is 0.0747. The van der Waals surface area contributed by atoms with E-state index >= 15 is 0 Å². The van der Waals surface area contributed by atoms with Gasteiger partial charge in [-0.3, -0.25) is 13.9 Å². The Morgan fingerprint density at radius 1 is 1.00 bits per heavy atom. The fourth-order valence-corrected chi connectivity index (χ4v) is 5.49. The maximum atomic E-state index is 13.9. The molecule has 0 unspecified atom stereocenters. The lowest BCUT2D eigenvalue weighted by atomic mass is 10.0. The Morgan fingerprint density at radius 3 is 2.20 bits per heavy atom. The van der Waals surface area contributed by atoms with Gasteiger partial charge in [0, 0.05) is 24.0 Å². The summed E-state index contributed by atoms with van der Waals surface area (Å²) in [6.45, 7) is 1.04. The number of nitrogens with one attached hydrogen (secondary N) is 1. The zero-order chi connectivity index (χ0) is 30.4. The lowest BCUT2D eigenvalue weighted by molar-refractivity contribution is -0.140. The Morgan fingerprint density at radius 2 is 1.63 bits per heavy atom. The van der Waals surface area contributed by atoms with E-state index in [0.717, 1.165) is 28.4 Å². The maximum Gasteiger partial charge on any atom is 0.416 e. The number of carbonyl (C=O) groups excluding carboxylic acids is 2. The smallest absolute Gasteiger partial charge is 0.355 e. The summed E-state index contributed by atoms with van der Waals surface area (Å²) in [5, 5.41) is 2.43. The van der Waals surface area contributed by atoms with Gasteiger partial charge in [0.05, 0.1) is 22.5 Å². The fraction of sp³-hybridized carbons (Fsp3) is 0.286. The molecule has 0 spiro atoms. The predicted octanol–water partition coefficient (Wildman–Crippen LogP) is 5.66. The quantitative estimate of drug-likeness (QED) is 0.284. The first-order valence-corrected chi connectivity index (χ1v) is 15.4. The molecule has 0 aromatic heterocycles. The summed E-state index contributed by atoms with van der Waals surface area (Å²) in [6, 6.07) is 17.1. The van der Waals surface area contributed by atoms with Crippen LogP contribution >= 0.6 is 27.5 Å². The van der Waals surface area contributed by atoms with Gasteiger partial charge in [0.25, 0.3) is 0 Å². The van der Waals surface area contributed by atoms with E-state index in [1.807, 2.05) is 0 Å². The molecule has 0 radical (unpaired) electrons. The summed E-state index contributed by atoms with van der Waals surface area (Å²) in [7, 11) is -4.30. The Bertz CT molecular complexity index is 1470. The largest absolute Gasteiger partial charge is 0.416 e. The van der Waals surface area contributed by atoms with E-state index in [4.69, 9.17) is 11.6 Å². The molecule has 0 heterocycles. The van der Waals surface area contributed by atoms with Crippen LogP contribution in [0.15, 0.2) is 77.3 Å². The first-order chi connectivity index (χ1) is 19.2. The molecule has 0 fully saturated rings. The van der Waals surface area contributed by atoms with E-state index in [0.29, 0.717) is 15.9 Å².